The molecule has 12 nitrogen and oxygen atoms in total. The minimum atomic E-state index is -1.62. The smallest absolute Gasteiger partial charge is 0.310 e. The second-order valence-corrected chi connectivity index (χ2v) is 20.0. The molecule has 0 aromatic carbocycles. The van der Waals surface area contributed by atoms with Crippen LogP contribution in [0.15, 0.2) is 11.6 Å². The van der Waals surface area contributed by atoms with E-state index >= 15 is 0 Å². The minimum Gasteiger partial charge on any atom is -0.481 e. The Kier molecular flexibility index (Phi) is 10.2. The van der Waals surface area contributed by atoms with Crippen LogP contribution in [0.25, 0.3) is 0 Å². The second kappa shape index (κ2) is 13.5. The van der Waals surface area contributed by atoms with Crippen LogP contribution in [0.2, 0.25) is 0 Å². The van der Waals surface area contributed by atoms with Crippen molar-refractivity contribution < 1.29 is 59.5 Å². The maximum atomic E-state index is 13.0. The Morgan fingerprint density at radius 1 is 0.830 bits per heavy atom. The second-order valence-electron chi connectivity index (χ2n) is 20.0. The minimum absolute atomic E-state index is 0.0360. The molecule has 0 amide bonds. The summed E-state index contributed by atoms with van der Waals surface area (Å²) in [6.07, 6.45) is -1.79. The third kappa shape index (κ3) is 5.85. The normalized spacial score (nSPS) is 55.1. The first-order valence-corrected chi connectivity index (χ1v) is 20.2. The highest BCUT2D eigenvalue weighted by Gasteiger charge is 2.70. The molecule has 6 fully saturated rings. The Bertz CT molecular complexity index is 1440. The van der Waals surface area contributed by atoms with E-state index in [1.807, 2.05) is 0 Å². The Morgan fingerprint density at radius 2 is 1.53 bits per heavy atom. The number of hydrogen-bond donors (Lipinski definition) is 7. The highest BCUT2D eigenvalue weighted by atomic mass is 16.8. The molecule has 12 heteroatoms. The molecule has 53 heavy (non-hydrogen) atoms. The van der Waals surface area contributed by atoms with Crippen LogP contribution in [-0.4, -0.2) is 116 Å². The predicted octanol–water partition coefficient (Wildman–Crippen LogP) is 3.52. The maximum absolute atomic E-state index is 13.0. The number of carboxylic acid groups (broad SMARTS) is 1. The van der Waals surface area contributed by atoms with Crippen molar-refractivity contribution in [1.82, 2.24) is 0 Å². The number of carboxylic acids is 1. The number of aliphatic hydroxyl groups excluding tert-OH is 6. The van der Waals surface area contributed by atoms with Crippen molar-refractivity contribution in [3.05, 3.63) is 11.6 Å². The number of ether oxygens (including phenoxy) is 4. The van der Waals surface area contributed by atoms with Gasteiger partial charge in [0.15, 0.2) is 12.6 Å². The van der Waals surface area contributed by atoms with E-state index in [1.54, 1.807) is 0 Å². The van der Waals surface area contributed by atoms with E-state index in [9.17, 15) is 40.5 Å². The van der Waals surface area contributed by atoms with Crippen LogP contribution in [-0.2, 0) is 23.7 Å². The number of aliphatic hydroxyl groups is 6. The van der Waals surface area contributed by atoms with Crippen LogP contribution in [0, 0.1) is 50.2 Å². The van der Waals surface area contributed by atoms with E-state index in [4.69, 9.17) is 18.9 Å². The molecule has 7 aliphatic rings. The SMILES string of the molecule is CC1O[C@@H](OC2C(O)[C@@H](O)CO[C@H]2O[C@H]2CC[C@@]3(C)[C@@H](CC[C@]4(C)[C@@H]3CC=C3[C@@H]5CC(C)(C)CC[C@]5(C(=O)O)CC[C@]34C)[C@]2(C)CO)C(O)C(O)[C@H]1O. The number of hydrogen-bond acceptors (Lipinski definition) is 11. The highest BCUT2D eigenvalue weighted by molar-refractivity contribution is 5.76. The molecular formula is C41H66O12. The van der Waals surface area contributed by atoms with Gasteiger partial charge in [-0.3, -0.25) is 4.79 Å². The van der Waals surface area contributed by atoms with Gasteiger partial charge in [-0.05, 0) is 111 Å². The van der Waals surface area contributed by atoms with E-state index in [1.165, 1.54) is 12.5 Å². The first kappa shape index (κ1) is 40.0. The zero-order valence-electron chi connectivity index (χ0n) is 32.7. The van der Waals surface area contributed by atoms with Crippen LogP contribution in [0.1, 0.15) is 113 Å². The largest absolute Gasteiger partial charge is 0.481 e. The molecule has 18 atom stereocenters. The van der Waals surface area contributed by atoms with E-state index in [0.717, 1.165) is 51.4 Å². The van der Waals surface area contributed by atoms with Crippen molar-refractivity contribution in [3.8, 4) is 0 Å². The monoisotopic (exact) mass is 750 g/mol. The molecule has 7 N–H and O–H groups in total. The fourth-order valence-corrected chi connectivity index (χ4v) is 13.3. The summed E-state index contributed by atoms with van der Waals surface area (Å²) in [6, 6.07) is 0. The van der Waals surface area contributed by atoms with Gasteiger partial charge in [0.05, 0.1) is 30.8 Å². The lowest BCUT2D eigenvalue weighted by Crippen LogP contribution is -2.67. The lowest BCUT2D eigenvalue weighted by molar-refractivity contribution is -0.365. The molecule has 5 aliphatic carbocycles. The van der Waals surface area contributed by atoms with Gasteiger partial charge in [0.2, 0.25) is 0 Å². The molecule has 0 bridgehead atoms. The lowest BCUT2D eigenvalue weighted by Gasteiger charge is -2.71. The molecule has 2 heterocycles. The summed E-state index contributed by atoms with van der Waals surface area (Å²) in [5, 5.41) is 74.9. The van der Waals surface area contributed by atoms with Crippen molar-refractivity contribution in [2.24, 2.45) is 50.2 Å². The zero-order chi connectivity index (χ0) is 38.7. The molecule has 302 valence electrons. The third-order valence-corrected chi connectivity index (χ3v) is 17.0. The van der Waals surface area contributed by atoms with Gasteiger partial charge in [-0.25, -0.2) is 0 Å². The van der Waals surface area contributed by atoms with Gasteiger partial charge in [-0.15, -0.1) is 0 Å². The quantitative estimate of drug-likeness (QED) is 0.155. The average molecular weight is 751 g/mol. The summed E-state index contributed by atoms with van der Waals surface area (Å²) in [5.74, 6) is -0.194. The molecule has 0 spiro atoms. The molecule has 2 aliphatic heterocycles. The molecule has 4 saturated carbocycles. The van der Waals surface area contributed by atoms with E-state index in [2.05, 4.69) is 47.6 Å². The van der Waals surface area contributed by atoms with Crippen molar-refractivity contribution in [2.75, 3.05) is 13.2 Å². The van der Waals surface area contributed by atoms with Crippen LogP contribution in [0.4, 0.5) is 0 Å². The highest BCUT2D eigenvalue weighted by Crippen LogP contribution is 2.76. The molecule has 2 saturated heterocycles. The first-order valence-electron chi connectivity index (χ1n) is 20.2. The van der Waals surface area contributed by atoms with Gasteiger partial charge in [0.25, 0.3) is 0 Å². The van der Waals surface area contributed by atoms with Crippen molar-refractivity contribution in [2.45, 2.75) is 174 Å². The summed E-state index contributed by atoms with van der Waals surface area (Å²) < 4.78 is 24.3. The van der Waals surface area contributed by atoms with Gasteiger partial charge in [0, 0.05) is 5.41 Å². The van der Waals surface area contributed by atoms with E-state index < -0.39 is 78.2 Å². The van der Waals surface area contributed by atoms with Gasteiger partial charge in [0.1, 0.15) is 36.6 Å². The Labute approximate surface area is 314 Å². The molecule has 0 aromatic rings. The molecule has 0 radical (unpaired) electrons. The molecule has 0 aromatic heterocycles. The van der Waals surface area contributed by atoms with Crippen LogP contribution < -0.4 is 0 Å². The van der Waals surface area contributed by atoms with Gasteiger partial charge in [-0.1, -0.05) is 53.2 Å². The lowest BCUT2D eigenvalue weighted by atomic mass is 9.33. The molecule has 7 rings (SSSR count). The fraction of sp³-hybridized carbons (Fsp3) is 0.927. The summed E-state index contributed by atoms with van der Waals surface area (Å²) >= 11 is 0. The summed E-state index contributed by atoms with van der Waals surface area (Å²) in [4.78, 5) is 13.0. The third-order valence-electron chi connectivity index (χ3n) is 17.0. The Hall–Kier alpha value is -1.19. The van der Waals surface area contributed by atoms with Crippen LogP contribution >= 0.6 is 0 Å². The fourth-order valence-electron chi connectivity index (χ4n) is 13.3. The zero-order valence-corrected chi connectivity index (χ0v) is 32.7. The van der Waals surface area contributed by atoms with Gasteiger partial charge in [-0.2, -0.15) is 0 Å². The van der Waals surface area contributed by atoms with Crippen LogP contribution in [0.5, 0.6) is 0 Å². The topological polar surface area (TPSA) is 196 Å². The number of carbonyl (C=O) groups is 1. The van der Waals surface area contributed by atoms with Crippen molar-refractivity contribution in [1.29, 1.82) is 0 Å². The predicted molar refractivity (Wildman–Crippen MR) is 192 cm³/mol. The number of rotatable bonds is 6. The summed E-state index contributed by atoms with van der Waals surface area (Å²) in [6.45, 7) is 15.1. The van der Waals surface area contributed by atoms with Crippen LogP contribution in [0.3, 0.4) is 0 Å². The molecule has 5 unspecified atom stereocenters. The van der Waals surface area contributed by atoms with Gasteiger partial charge < -0.3 is 54.7 Å². The standard InChI is InChI=1S/C41H66O12/c1-21-28(44)30(46)31(47)33(51-21)53-32-29(45)24(43)19-50-34(32)52-27-11-12-37(4)25(38(27,5)20-42)10-13-40(7)26(37)9-8-22-23-18-36(2,3)14-16-41(23,35(48)49)17-15-39(22,40)6/h8,21,23-34,42-47H,9-20H2,1-7H3,(H,48,49)/t21?,23-,24-,25+,26+,27-,28-,29?,30?,31?,32?,33-,34-,37-,38-,39+,40+,41-/m0/s1. The average Bonchev–Trinajstić information content (AvgIpc) is 3.10. The first-order chi connectivity index (χ1) is 24.7. The summed E-state index contributed by atoms with van der Waals surface area (Å²) in [5.41, 5.74) is -0.239. The van der Waals surface area contributed by atoms with Crippen molar-refractivity contribution in [3.63, 3.8) is 0 Å². The summed E-state index contributed by atoms with van der Waals surface area (Å²) in [7, 11) is 0. The van der Waals surface area contributed by atoms with Crippen molar-refractivity contribution >= 4 is 5.97 Å². The van der Waals surface area contributed by atoms with E-state index in [-0.39, 0.29) is 46.7 Å². The Balaban J connectivity index is 1.15. The number of aliphatic carboxylic acids is 1. The number of allylic oxidation sites excluding steroid dienone is 2. The molecular weight excluding hydrogens is 684 g/mol. The van der Waals surface area contributed by atoms with E-state index in [0.29, 0.717) is 18.8 Å². The maximum Gasteiger partial charge on any atom is 0.310 e. The van der Waals surface area contributed by atoms with Gasteiger partial charge >= 0.3 is 5.97 Å². The number of fused-ring (bicyclic) bond motifs is 7. The Morgan fingerprint density at radius 3 is 2.21 bits per heavy atom.